The predicted octanol–water partition coefficient (Wildman–Crippen LogP) is 3.47. The molecule has 1 aromatic carbocycles. The topological polar surface area (TPSA) is 55.8 Å². The third-order valence-electron chi connectivity index (χ3n) is 3.68. The van der Waals surface area contributed by atoms with Gasteiger partial charge in [-0.05, 0) is 25.8 Å². The van der Waals surface area contributed by atoms with Crippen LogP contribution in [-0.2, 0) is 20.9 Å². The molecule has 1 rings (SSSR count). The second kappa shape index (κ2) is 9.59. The van der Waals surface area contributed by atoms with Crippen LogP contribution in [-0.4, -0.2) is 29.4 Å². The summed E-state index contributed by atoms with van der Waals surface area (Å²) in [6.45, 7) is 5.93. The molecule has 0 aliphatic heterocycles. The minimum Gasteiger partial charge on any atom is -0.464 e. The first-order chi connectivity index (χ1) is 10.5. The molecule has 1 N–H and O–H groups in total. The van der Waals surface area contributed by atoms with Gasteiger partial charge < -0.3 is 14.6 Å². The molecule has 0 radical (unpaired) electrons. The molecule has 0 heterocycles. The van der Waals surface area contributed by atoms with E-state index >= 15 is 0 Å². The van der Waals surface area contributed by atoms with Crippen molar-refractivity contribution in [3.63, 3.8) is 0 Å². The second-order valence-corrected chi connectivity index (χ2v) is 5.65. The van der Waals surface area contributed by atoms with Gasteiger partial charge in [-0.3, -0.25) is 0 Å². The highest BCUT2D eigenvalue weighted by Gasteiger charge is 2.41. The lowest BCUT2D eigenvalue weighted by molar-refractivity contribution is -0.182. The SMILES string of the molecule is CCCCC[C@@H](OCc1ccccc1)[C@@](C)(O)C(=O)OCC. The Labute approximate surface area is 133 Å². The van der Waals surface area contributed by atoms with E-state index in [1.165, 1.54) is 6.92 Å². The number of hydrogen-bond acceptors (Lipinski definition) is 4. The minimum atomic E-state index is -1.63. The molecule has 4 heteroatoms. The van der Waals surface area contributed by atoms with E-state index < -0.39 is 17.7 Å². The average molecular weight is 308 g/mol. The standard InChI is InChI=1S/C18H28O4/c1-4-6-8-13-16(18(3,20)17(19)21-5-2)22-14-15-11-9-7-10-12-15/h7,9-12,16,20H,4-6,8,13-14H2,1-3H3/t16-,18-/m1/s1. The summed E-state index contributed by atoms with van der Waals surface area (Å²) in [6.07, 6.45) is 3.09. The van der Waals surface area contributed by atoms with Crippen LogP contribution in [0.3, 0.4) is 0 Å². The highest BCUT2D eigenvalue weighted by atomic mass is 16.6. The molecule has 0 unspecified atom stereocenters. The number of carbonyl (C=O) groups excluding carboxylic acids is 1. The summed E-state index contributed by atoms with van der Waals surface area (Å²) in [4.78, 5) is 12.0. The molecule has 0 amide bonds. The number of benzene rings is 1. The Morgan fingerprint density at radius 1 is 1.23 bits per heavy atom. The molecule has 0 fully saturated rings. The van der Waals surface area contributed by atoms with Crippen molar-refractivity contribution in [2.75, 3.05) is 6.61 Å². The molecule has 0 spiro atoms. The van der Waals surface area contributed by atoms with Crippen LogP contribution < -0.4 is 0 Å². The fraction of sp³-hybridized carbons (Fsp3) is 0.611. The van der Waals surface area contributed by atoms with Gasteiger partial charge in [0.1, 0.15) is 0 Å². The first kappa shape index (κ1) is 18.7. The van der Waals surface area contributed by atoms with Crippen LogP contribution in [0.2, 0.25) is 0 Å². The van der Waals surface area contributed by atoms with Crippen molar-refractivity contribution in [1.82, 2.24) is 0 Å². The van der Waals surface area contributed by atoms with Crippen molar-refractivity contribution in [2.45, 2.75) is 64.8 Å². The Morgan fingerprint density at radius 2 is 1.91 bits per heavy atom. The van der Waals surface area contributed by atoms with E-state index in [9.17, 15) is 9.90 Å². The third kappa shape index (κ3) is 5.78. The van der Waals surface area contributed by atoms with Crippen molar-refractivity contribution in [3.05, 3.63) is 35.9 Å². The molecular weight excluding hydrogens is 280 g/mol. The summed E-state index contributed by atoms with van der Waals surface area (Å²) in [6, 6.07) is 9.74. The molecule has 0 aliphatic carbocycles. The van der Waals surface area contributed by atoms with E-state index in [4.69, 9.17) is 9.47 Å². The molecular formula is C18H28O4. The number of carbonyl (C=O) groups is 1. The van der Waals surface area contributed by atoms with Gasteiger partial charge in [-0.1, -0.05) is 56.5 Å². The van der Waals surface area contributed by atoms with Crippen LogP contribution >= 0.6 is 0 Å². The van der Waals surface area contributed by atoms with Gasteiger partial charge in [0.25, 0.3) is 0 Å². The van der Waals surface area contributed by atoms with Crippen molar-refractivity contribution in [3.8, 4) is 0 Å². The molecule has 0 aliphatic rings. The van der Waals surface area contributed by atoms with Gasteiger partial charge in [0.15, 0.2) is 5.60 Å². The lowest BCUT2D eigenvalue weighted by Gasteiger charge is -2.31. The quantitative estimate of drug-likeness (QED) is 0.531. The zero-order valence-electron chi connectivity index (χ0n) is 13.9. The van der Waals surface area contributed by atoms with Gasteiger partial charge in [0.2, 0.25) is 0 Å². The molecule has 4 nitrogen and oxygen atoms in total. The molecule has 0 saturated heterocycles. The fourth-order valence-corrected chi connectivity index (χ4v) is 2.29. The number of esters is 1. The second-order valence-electron chi connectivity index (χ2n) is 5.65. The number of aliphatic hydroxyl groups is 1. The number of rotatable bonds is 10. The Bertz CT molecular complexity index is 428. The fourth-order valence-electron chi connectivity index (χ4n) is 2.29. The monoisotopic (exact) mass is 308 g/mol. The molecule has 124 valence electrons. The van der Waals surface area contributed by atoms with Gasteiger partial charge in [-0.15, -0.1) is 0 Å². The maximum atomic E-state index is 12.0. The minimum absolute atomic E-state index is 0.245. The van der Waals surface area contributed by atoms with E-state index in [1.807, 2.05) is 30.3 Å². The van der Waals surface area contributed by atoms with Crippen LogP contribution in [0, 0.1) is 0 Å². The van der Waals surface area contributed by atoms with E-state index in [1.54, 1.807) is 6.92 Å². The van der Waals surface area contributed by atoms with Crippen LogP contribution in [0.15, 0.2) is 30.3 Å². The Morgan fingerprint density at radius 3 is 2.50 bits per heavy atom. The van der Waals surface area contributed by atoms with Crippen LogP contribution in [0.25, 0.3) is 0 Å². The summed E-state index contributed by atoms with van der Waals surface area (Å²) in [5.41, 5.74) is -0.610. The molecule has 0 bridgehead atoms. The molecule has 22 heavy (non-hydrogen) atoms. The van der Waals surface area contributed by atoms with Crippen LogP contribution in [0.5, 0.6) is 0 Å². The Kier molecular flexibility index (Phi) is 8.13. The predicted molar refractivity (Wildman–Crippen MR) is 86.4 cm³/mol. The summed E-state index contributed by atoms with van der Waals surface area (Å²) in [5, 5.41) is 10.6. The normalized spacial score (nSPS) is 15.1. The zero-order valence-corrected chi connectivity index (χ0v) is 13.9. The van der Waals surface area contributed by atoms with Crippen molar-refractivity contribution < 1.29 is 19.4 Å². The first-order valence-corrected chi connectivity index (χ1v) is 8.07. The molecule has 0 aromatic heterocycles. The van der Waals surface area contributed by atoms with Crippen molar-refractivity contribution in [1.29, 1.82) is 0 Å². The number of unbranched alkanes of at least 4 members (excludes halogenated alkanes) is 2. The highest BCUT2D eigenvalue weighted by molar-refractivity contribution is 5.79. The van der Waals surface area contributed by atoms with E-state index in [-0.39, 0.29) is 6.61 Å². The van der Waals surface area contributed by atoms with Gasteiger partial charge in [0.05, 0.1) is 19.3 Å². The average Bonchev–Trinajstić information content (AvgIpc) is 2.51. The van der Waals surface area contributed by atoms with Gasteiger partial charge >= 0.3 is 5.97 Å². The summed E-state index contributed by atoms with van der Waals surface area (Å²) >= 11 is 0. The molecule has 2 atom stereocenters. The smallest absolute Gasteiger partial charge is 0.340 e. The maximum absolute atomic E-state index is 12.0. The van der Waals surface area contributed by atoms with Crippen LogP contribution in [0.4, 0.5) is 0 Å². The third-order valence-corrected chi connectivity index (χ3v) is 3.68. The lowest BCUT2D eigenvalue weighted by atomic mass is 9.94. The lowest BCUT2D eigenvalue weighted by Crippen LogP contribution is -2.49. The largest absolute Gasteiger partial charge is 0.464 e. The van der Waals surface area contributed by atoms with Crippen molar-refractivity contribution >= 4 is 5.97 Å². The maximum Gasteiger partial charge on any atom is 0.340 e. The zero-order chi connectivity index (χ0) is 16.4. The van der Waals surface area contributed by atoms with E-state index in [0.717, 1.165) is 24.8 Å². The van der Waals surface area contributed by atoms with Crippen molar-refractivity contribution in [2.24, 2.45) is 0 Å². The van der Waals surface area contributed by atoms with Gasteiger partial charge in [-0.2, -0.15) is 0 Å². The van der Waals surface area contributed by atoms with E-state index in [2.05, 4.69) is 6.92 Å². The number of ether oxygens (including phenoxy) is 2. The Hall–Kier alpha value is -1.39. The molecule has 1 aromatic rings. The first-order valence-electron chi connectivity index (χ1n) is 8.07. The summed E-state index contributed by atoms with van der Waals surface area (Å²) in [7, 11) is 0. The Balaban J connectivity index is 2.71. The number of hydrogen-bond donors (Lipinski definition) is 1. The van der Waals surface area contributed by atoms with Gasteiger partial charge in [0, 0.05) is 0 Å². The van der Waals surface area contributed by atoms with Gasteiger partial charge in [-0.25, -0.2) is 4.79 Å². The molecule has 0 saturated carbocycles. The highest BCUT2D eigenvalue weighted by Crippen LogP contribution is 2.23. The van der Waals surface area contributed by atoms with E-state index in [0.29, 0.717) is 13.0 Å². The van der Waals surface area contributed by atoms with Crippen LogP contribution in [0.1, 0.15) is 52.0 Å². The summed E-state index contributed by atoms with van der Waals surface area (Å²) in [5.74, 6) is -0.621. The summed E-state index contributed by atoms with van der Waals surface area (Å²) < 4.78 is 10.8.